The first-order valence-corrected chi connectivity index (χ1v) is 10.6. The first-order valence-electron chi connectivity index (χ1n) is 8.72. The van der Waals surface area contributed by atoms with Gasteiger partial charge in [-0.1, -0.05) is 0 Å². The highest BCUT2D eigenvalue weighted by atomic mass is 32.3. The number of hydrogen-bond acceptors (Lipinski definition) is 6. The highest BCUT2D eigenvalue weighted by molar-refractivity contribution is 8.25. The second-order valence-corrected chi connectivity index (χ2v) is 9.48. The van der Waals surface area contributed by atoms with E-state index in [0.29, 0.717) is 36.1 Å². The lowest BCUT2D eigenvalue weighted by atomic mass is 10.2. The fourth-order valence-electron chi connectivity index (χ4n) is 2.83. The minimum atomic E-state index is -2.07. The van der Waals surface area contributed by atoms with Gasteiger partial charge < -0.3 is 15.0 Å². The zero-order valence-corrected chi connectivity index (χ0v) is 15.9. The molecule has 0 radical (unpaired) electrons. The van der Waals surface area contributed by atoms with E-state index in [1.54, 1.807) is 19.2 Å². The summed E-state index contributed by atoms with van der Waals surface area (Å²) < 4.78 is 34.1. The lowest BCUT2D eigenvalue weighted by molar-refractivity contribution is 0.0935. The minimum absolute atomic E-state index is 0.145. The molecule has 2 heterocycles. The molecule has 0 bridgehead atoms. The van der Waals surface area contributed by atoms with Gasteiger partial charge in [-0.2, -0.15) is 10.6 Å². The SMILES string of the molecule is COS1(O)CCC(NC(=O)c2ccc(N(C)CF)c(OCC3CC3)n2)C1. The molecule has 7 nitrogen and oxygen atoms in total. The van der Waals surface area contributed by atoms with Crippen molar-refractivity contribution >= 4 is 22.2 Å². The van der Waals surface area contributed by atoms with Gasteiger partial charge in [-0.05, 0) is 37.3 Å². The third-order valence-corrected chi connectivity index (χ3v) is 7.13. The zero-order chi connectivity index (χ0) is 18.7. The molecular weight excluding hydrogens is 361 g/mol. The van der Waals surface area contributed by atoms with Gasteiger partial charge >= 0.3 is 0 Å². The number of nitrogens with one attached hydrogen (secondary N) is 1. The molecule has 1 aliphatic heterocycles. The number of alkyl halides is 1. The van der Waals surface area contributed by atoms with Crippen molar-refractivity contribution in [1.29, 1.82) is 0 Å². The first-order chi connectivity index (χ1) is 12.4. The molecule has 1 saturated carbocycles. The van der Waals surface area contributed by atoms with Gasteiger partial charge in [0, 0.05) is 18.8 Å². The summed E-state index contributed by atoms with van der Waals surface area (Å²) in [5, 5.41) is 2.89. The second kappa shape index (κ2) is 7.98. The zero-order valence-electron chi connectivity index (χ0n) is 15.1. The van der Waals surface area contributed by atoms with Crippen molar-refractivity contribution in [2.24, 2.45) is 5.92 Å². The van der Waals surface area contributed by atoms with Crippen molar-refractivity contribution in [2.75, 3.05) is 44.0 Å². The van der Waals surface area contributed by atoms with E-state index in [0.717, 1.165) is 12.8 Å². The molecule has 1 saturated heterocycles. The molecular formula is C17H26FN3O4S. The van der Waals surface area contributed by atoms with Crippen molar-refractivity contribution in [3.63, 3.8) is 0 Å². The molecule has 1 amide bonds. The summed E-state index contributed by atoms with van der Waals surface area (Å²) in [5.74, 6) is 1.43. The lowest BCUT2D eigenvalue weighted by Gasteiger charge is -2.31. The Morgan fingerprint density at radius 3 is 2.85 bits per heavy atom. The Balaban J connectivity index is 1.70. The van der Waals surface area contributed by atoms with Crippen molar-refractivity contribution < 1.29 is 22.7 Å². The Morgan fingerprint density at radius 1 is 1.46 bits per heavy atom. The molecule has 0 spiro atoms. The minimum Gasteiger partial charge on any atom is -0.476 e. The number of anilines is 1. The van der Waals surface area contributed by atoms with E-state index in [9.17, 15) is 13.7 Å². The fraction of sp³-hybridized carbons (Fsp3) is 0.647. The first kappa shape index (κ1) is 19.2. The standard InChI is InChI=1S/C17H26FN3O4S/c1-21(11-18)15-6-5-14(20-17(15)25-9-12-3-4-12)16(22)19-13-7-8-26(23,10-13)24-2/h5-6,12-13,23H,3-4,7-11H2,1-2H3,(H,19,22). The number of ether oxygens (including phenoxy) is 1. The van der Waals surface area contributed by atoms with E-state index in [1.807, 2.05) is 0 Å². The molecule has 1 aromatic rings. The number of pyridine rings is 1. The Bertz CT molecular complexity index is 661. The summed E-state index contributed by atoms with van der Waals surface area (Å²) in [6.07, 6.45) is 2.92. The molecule has 2 atom stereocenters. The summed E-state index contributed by atoms with van der Waals surface area (Å²) in [5.41, 5.74) is 0.735. The van der Waals surface area contributed by atoms with Gasteiger partial charge in [0.25, 0.3) is 5.91 Å². The maximum absolute atomic E-state index is 13.0. The van der Waals surface area contributed by atoms with E-state index >= 15 is 0 Å². The topological polar surface area (TPSA) is 83.9 Å². The summed E-state index contributed by atoms with van der Waals surface area (Å²) >= 11 is 0. The fourth-order valence-corrected chi connectivity index (χ4v) is 4.83. The number of nitrogens with zero attached hydrogens (tertiary/aromatic N) is 2. The van der Waals surface area contributed by atoms with Crippen LogP contribution >= 0.6 is 10.6 Å². The number of rotatable bonds is 8. The molecule has 0 aromatic carbocycles. The van der Waals surface area contributed by atoms with Gasteiger partial charge in [-0.15, -0.1) is 0 Å². The number of carbonyl (C=O) groups excluding carboxylic acids is 1. The Kier molecular flexibility index (Phi) is 5.89. The Morgan fingerprint density at radius 2 is 2.23 bits per heavy atom. The van der Waals surface area contributed by atoms with Crippen LogP contribution in [-0.2, 0) is 4.18 Å². The number of carbonyl (C=O) groups is 1. The quantitative estimate of drug-likeness (QED) is 0.667. The van der Waals surface area contributed by atoms with E-state index < -0.39 is 17.4 Å². The molecule has 2 N–H and O–H groups in total. The molecule has 2 unspecified atom stereocenters. The van der Waals surface area contributed by atoms with Crippen molar-refractivity contribution in [2.45, 2.75) is 25.3 Å². The highest BCUT2D eigenvalue weighted by Crippen LogP contribution is 2.50. The molecule has 146 valence electrons. The normalized spacial score (nSPS) is 27.6. The van der Waals surface area contributed by atoms with Crippen LogP contribution in [0, 0.1) is 5.92 Å². The number of aromatic nitrogens is 1. The van der Waals surface area contributed by atoms with Crippen LogP contribution in [0.15, 0.2) is 12.1 Å². The monoisotopic (exact) mass is 387 g/mol. The average Bonchev–Trinajstić information content (AvgIpc) is 3.41. The van der Waals surface area contributed by atoms with Crippen molar-refractivity contribution in [3.8, 4) is 5.88 Å². The summed E-state index contributed by atoms with van der Waals surface area (Å²) in [7, 11) is 1.03. The van der Waals surface area contributed by atoms with Crippen LogP contribution in [-0.4, -0.2) is 60.6 Å². The maximum Gasteiger partial charge on any atom is 0.270 e. The molecule has 1 aliphatic carbocycles. The van der Waals surface area contributed by atoms with E-state index in [2.05, 4.69) is 10.3 Å². The Hall–Kier alpha value is -1.58. The van der Waals surface area contributed by atoms with E-state index in [1.165, 1.54) is 12.0 Å². The van der Waals surface area contributed by atoms with Gasteiger partial charge in [0.15, 0.2) is 6.80 Å². The second-order valence-electron chi connectivity index (χ2n) is 6.86. The number of halogens is 1. The molecule has 2 fully saturated rings. The van der Waals surface area contributed by atoms with Crippen LogP contribution in [0.5, 0.6) is 5.88 Å². The molecule has 2 aliphatic rings. The van der Waals surface area contributed by atoms with Crippen LogP contribution in [0.25, 0.3) is 0 Å². The van der Waals surface area contributed by atoms with Gasteiger partial charge in [0.1, 0.15) is 11.4 Å². The van der Waals surface area contributed by atoms with Crippen LogP contribution in [0.3, 0.4) is 0 Å². The number of hydrogen-bond donors (Lipinski definition) is 2. The predicted octanol–water partition coefficient (Wildman–Crippen LogP) is 2.57. The van der Waals surface area contributed by atoms with Crippen LogP contribution in [0.4, 0.5) is 10.1 Å². The maximum atomic E-state index is 13.0. The van der Waals surface area contributed by atoms with Crippen molar-refractivity contribution in [3.05, 3.63) is 17.8 Å². The molecule has 1 aromatic heterocycles. The predicted molar refractivity (Wildman–Crippen MR) is 99.7 cm³/mol. The van der Waals surface area contributed by atoms with E-state index in [-0.39, 0.29) is 23.5 Å². The Labute approximate surface area is 154 Å². The number of amides is 1. The third kappa shape index (κ3) is 4.57. The summed E-state index contributed by atoms with van der Waals surface area (Å²) in [4.78, 5) is 18.2. The van der Waals surface area contributed by atoms with Crippen LogP contribution in [0.2, 0.25) is 0 Å². The van der Waals surface area contributed by atoms with E-state index in [4.69, 9.17) is 8.92 Å². The summed E-state index contributed by atoms with van der Waals surface area (Å²) in [6.45, 7) is -0.147. The summed E-state index contributed by atoms with van der Waals surface area (Å²) in [6, 6.07) is 3.06. The third-order valence-electron chi connectivity index (χ3n) is 4.71. The smallest absolute Gasteiger partial charge is 0.270 e. The van der Waals surface area contributed by atoms with Crippen LogP contribution < -0.4 is 15.0 Å². The molecule has 3 rings (SSSR count). The van der Waals surface area contributed by atoms with Gasteiger partial charge in [0.05, 0.1) is 19.5 Å². The van der Waals surface area contributed by atoms with Gasteiger partial charge in [-0.25, -0.2) is 9.37 Å². The molecule has 26 heavy (non-hydrogen) atoms. The van der Waals surface area contributed by atoms with Crippen molar-refractivity contribution in [1.82, 2.24) is 10.3 Å². The largest absolute Gasteiger partial charge is 0.476 e. The average molecular weight is 387 g/mol. The van der Waals surface area contributed by atoms with Crippen LogP contribution in [0.1, 0.15) is 29.8 Å². The van der Waals surface area contributed by atoms with Gasteiger partial charge in [0.2, 0.25) is 5.88 Å². The highest BCUT2D eigenvalue weighted by Gasteiger charge is 2.31. The lowest BCUT2D eigenvalue weighted by Crippen LogP contribution is -2.36. The molecule has 9 heteroatoms. The van der Waals surface area contributed by atoms with Gasteiger partial charge in [-0.3, -0.25) is 13.5 Å².